The topological polar surface area (TPSA) is 67.0 Å². The second kappa shape index (κ2) is 5.97. The van der Waals surface area contributed by atoms with Gasteiger partial charge in [0.2, 0.25) is 0 Å². The van der Waals surface area contributed by atoms with Gasteiger partial charge in [-0.05, 0) is 0 Å². The van der Waals surface area contributed by atoms with Gasteiger partial charge >= 0.3 is 6.16 Å². The average Bonchev–Trinajstić information content (AvgIpc) is 1.68. The Morgan fingerprint density at radius 3 is 2.38 bits per heavy atom. The number of carbonyl (C=O) groups is 1. The van der Waals surface area contributed by atoms with Crippen LogP contribution in [0.15, 0.2) is 12.8 Å². The zero-order chi connectivity index (χ0) is 5.70. The SMILES string of the molecule is C=COC(=O)OC.O. The van der Waals surface area contributed by atoms with Gasteiger partial charge in [0, 0.05) is 0 Å². The molecule has 0 unspecified atom stereocenters. The summed E-state index contributed by atoms with van der Waals surface area (Å²) in [6.45, 7) is 3.13. The van der Waals surface area contributed by atoms with Gasteiger partial charge in [-0.1, -0.05) is 6.58 Å². The highest BCUT2D eigenvalue weighted by atomic mass is 16.7. The summed E-state index contributed by atoms with van der Waals surface area (Å²) < 4.78 is 8.15. The molecular formula is C4H8O4. The summed E-state index contributed by atoms with van der Waals surface area (Å²) in [6.07, 6.45) is 0.265. The molecule has 0 atom stereocenters. The van der Waals surface area contributed by atoms with E-state index in [-0.39, 0.29) is 5.48 Å². The number of rotatable bonds is 1. The minimum atomic E-state index is -0.741. The van der Waals surface area contributed by atoms with Crippen molar-refractivity contribution in [1.29, 1.82) is 0 Å². The number of hydrogen-bond donors (Lipinski definition) is 0. The van der Waals surface area contributed by atoms with E-state index in [4.69, 9.17) is 0 Å². The van der Waals surface area contributed by atoms with Crippen LogP contribution in [-0.2, 0) is 9.47 Å². The van der Waals surface area contributed by atoms with Crippen LogP contribution in [0.5, 0.6) is 0 Å². The molecule has 0 fully saturated rings. The monoisotopic (exact) mass is 120 g/mol. The van der Waals surface area contributed by atoms with Crippen molar-refractivity contribution in [3.63, 3.8) is 0 Å². The van der Waals surface area contributed by atoms with Crippen molar-refractivity contribution in [3.8, 4) is 0 Å². The van der Waals surface area contributed by atoms with Crippen molar-refractivity contribution in [3.05, 3.63) is 12.8 Å². The Bertz CT molecular complexity index is 78.1. The van der Waals surface area contributed by atoms with Crippen LogP contribution in [0.1, 0.15) is 0 Å². The van der Waals surface area contributed by atoms with Crippen LogP contribution in [0.4, 0.5) is 4.79 Å². The molecule has 0 radical (unpaired) electrons. The van der Waals surface area contributed by atoms with Gasteiger partial charge in [0.05, 0.1) is 13.4 Å². The molecule has 0 aliphatic carbocycles. The predicted octanol–water partition coefficient (Wildman–Crippen LogP) is 0.0882. The number of ether oxygens (including phenoxy) is 2. The fourth-order valence-electron chi connectivity index (χ4n) is 0.116. The molecule has 0 aromatic heterocycles. The fraction of sp³-hybridized carbons (Fsp3) is 0.250. The van der Waals surface area contributed by atoms with Gasteiger partial charge in [-0.25, -0.2) is 4.79 Å². The maximum atomic E-state index is 9.90. The van der Waals surface area contributed by atoms with Gasteiger partial charge in [0.1, 0.15) is 0 Å². The molecule has 2 N–H and O–H groups in total. The molecule has 0 aromatic rings. The first kappa shape index (κ1) is 10.1. The first-order valence-corrected chi connectivity index (χ1v) is 1.66. The summed E-state index contributed by atoms with van der Waals surface area (Å²) >= 11 is 0. The van der Waals surface area contributed by atoms with Gasteiger partial charge in [-0.2, -0.15) is 0 Å². The number of carbonyl (C=O) groups excluding carboxylic acids is 1. The lowest BCUT2D eigenvalue weighted by atomic mass is 11.1. The van der Waals surface area contributed by atoms with E-state index in [0.717, 1.165) is 6.26 Å². The first-order valence-electron chi connectivity index (χ1n) is 1.66. The Balaban J connectivity index is 0. The lowest BCUT2D eigenvalue weighted by Gasteiger charge is -1.90. The standard InChI is InChI=1S/C4H6O3.H2O/c1-3-7-4(5)6-2;/h3H,1H2,2H3;1H2. The van der Waals surface area contributed by atoms with Crippen LogP contribution >= 0.6 is 0 Å². The van der Waals surface area contributed by atoms with Crippen molar-refractivity contribution in [2.24, 2.45) is 0 Å². The fourth-order valence-corrected chi connectivity index (χ4v) is 0.116. The van der Waals surface area contributed by atoms with E-state index in [9.17, 15) is 4.79 Å². The molecule has 0 aliphatic rings. The Morgan fingerprint density at radius 1 is 1.75 bits per heavy atom. The average molecular weight is 120 g/mol. The van der Waals surface area contributed by atoms with Crippen molar-refractivity contribution in [1.82, 2.24) is 0 Å². The number of hydrogen-bond acceptors (Lipinski definition) is 3. The summed E-state index contributed by atoms with van der Waals surface area (Å²) in [5, 5.41) is 0. The van der Waals surface area contributed by atoms with Crippen molar-refractivity contribution < 1.29 is 19.7 Å². The van der Waals surface area contributed by atoms with Crippen molar-refractivity contribution in [2.45, 2.75) is 0 Å². The summed E-state index contributed by atoms with van der Waals surface area (Å²) in [4.78, 5) is 9.90. The van der Waals surface area contributed by atoms with Crippen LogP contribution in [-0.4, -0.2) is 18.7 Å². The van der Waals surface area contributed by atoms with Gasteiger partial charge in [-0.3, -0.25) is 0 Å². The summed E-state index contributed by atoms with van der Waals surface area (Å²) in [6, 6.07) is 0. The maximum absolute atomic E-state index is 9.90. The summed E-state index contributed by atoms with van der Waals surface area (Å²) in [7, 11) is 1.23. The van der Waals surface area contributed by atoms with E-state index >= 15 is 0 Å². The van der Waals surface area contributed by atoms with Crippen molar-refractivity contribution >= 4 is 6.16 Å². The second-order valence-electron chi connectivity index (χ2n) is 0.739. The minimum Gasteiger partial charge on any atom is -0.437 e. The Morgan fingerprint density at radius 2 is 2.25 bits per heavy atom. The lowest BCUT2D eigenvalue weighted by molar-refractivity contribution is 0.106. The highest BCUT2D eigenvalue weighted by molar-refractivity contribution is 5.60. The zero-order valence-corrected chi connectivity index (χ0v) is 4.51. The normalized spacial score (nSPS) is 6.12. The molecule has 0 saturated carbocycles. The van der Waals surface area contributed by atoms with E-state index in [1.165, 1.54) is 7.11 Å². The highest BCUT2D eigenvalue weighted by Gasteiger charge is 1.91. The summed E-state index contributed by atoms with van der Waals surface area (Å²) in [5.74, 6) is 0. The molecule has 0 amide bonds. The third-order valence-corrected chi connectivity index (χ3v) is 0.346. The zero-order valence-electron chi connectivity index (χ0n) is 4.51. The van der Waals surface area contributed by atoms with Crippen LogP contribution < -0.4 is 0 Å². The van der Waals surface area contributed by atoms with Crippen LogP contribution in [0.3, 0.4) is 0 Å². The molecule has 4 heteroatoms. The lowest BCUT2D eigenvalue weighted by Crippen LogP contribution is -1.96. The Kier molecular flexibility index (Phi) is 7.51. The molecule has 4 nitrogen and oxygen atoms in total. The van der Waals surface area contributed by atoms with Gasteiger partial charge in [0.15, 0.2) is 0 Å². The Hall–Kier alpha value is -1.03. The van der Waals surface area contributed by atoms with Crippen LogP contribution in [0.25, 0.3) is 0 Å². The third kappa shape index (κ3) is 4.97. The van der Waals surface area contributed by atoms with Crippen molar-refractivity contribution in [2.75, 3.05) is 7.11 Å². The molecule has 0 spiro atoms. The van der Waals surface area contributed by atoms with E-state index in [1.807, 2.05) is 0 Å². The van der Waals surface area contributed by atoms with Crippen LogP contribution in [0, 0.1) is 0 Å². The van der Waals surface area contributed by atoms with E-state index < -0.39 is 6.16 Å². The summed E-state index contributed by atoms with van der Waals surface area (Å²) in [5.41, 5.74) is 0. The first-order chi connectivity index (χ1) is 3.31. The largest absolute Gasteiger partial charge is 0.512 e. The molecule has 0 bridgehead atoms. The van der Waals surface area contributed by atoms with Gasteiger partial charge in [-0.15, -0.1) is 0 Å². The molecule has 0 rings (SSSR count). The highest BCUT2D eigenvalue weighted by Crippen LogP contribution is 1.78. The minimum absolute atomic E-state index is 0. The Labute approximate surface area is 47.0 Å². The van der Waals surface area contributed by atoms with Crippen LogP contribution in [0.2, 0.25) is 0 Å². The van der Waals surface area contributed by atoms with Gasteiger partial charge in [0.25, 0.3) is 0 Å². The molecular weight excluding hydrogens is 112 g/mol. The third-order valence-electron chi connectivity index (χ3n) is 0.346. The van der Waals surface area contributed by atoms with Gasteiger partial charge < -0.3 is 14.9 Å². The molecule has 8 heavy (non-hydrogen) atoms. The maximum Gasteiger partial charge on any atom is 0.512 e. The quantitative estimate of drug-likeness (QED) is 0.363. The number of methoxy groups -OCH3 is 1. The molecule has 0 heterocycles. The molecule has 0 saturated heterocycles. The molecule has 0 aliphatic heterocycles. The molecule has 48 valence electrons. The van der Waals surface area contributed by atoms with E-state index in [2.05, 4.69) is 16.1 Å². The smallest absolute Gasteiger partial charge is 0.437 e. The van der Waals surface area contributed by atoms with E-state index in [1.54, 1.807) is 0 Å². The molecule has 0 aromatic carbocycles. The van der Waals surface area contributed by atoms with E-state index in [0.29, 0.717) is 0 Å². The second-order valence-corrected chi connectivity index (χ2v) is 0.739. The predicted molar refractivity (Wildman–Crippen MR) is 27.3 cm³/mol.